The summed E-state index contributed by atoms with van der Waals surface area (Å²) in [4.78, 5) is 3.77. The number of imidazole rings is 1. The van der Waals surface area contributed by atoms with Crippen LogP contribution in [0.1, 0.15) is 6.92 Å². The first-order valence-corrected chi connectivity index (χ1v) is 6.00. The minimum Gasteiger partial charge on any atom is -0.386 e. The third kappa shape index (κ3) is 2.22. The number of hydrogen-bond acceptors (Lipinski definition) is 4. The lowest BCUT2D eigenvalue weighted by molar-refractivity contribution is 0.446. The fourth-order valence-corrected chi connectivity index (χ4v) is 2.38. The zero-order valence-electron chi connectivity index (χ0n) is 9.38. The largest absolute Gasteiger partial charge is 0.386 e. The lowest BCUT2D eigenvalue weighted by atomic mass is 10.3. The molecule has 3 N–H and O–H groups in total. The number of sulfonamides is 1. The molecule has 0 radical (unpaired) electrons. The summed E-state index contributed by atoms with van der Waals surface area (Å²) in [5, 5.41) is 7.17. The van der Waals surface area contributed by atoms with Crippen molar-refractivity contribution < 1.29 is 8.42 Å². The molecule has 0 bridgehead atoms. The molecule has 90 valence electrons. The van der Waals surface area contributed by atoms with Crippen molar-refractivity contribution in [3.8, 4) is 0 Å². The van der Waals surface area contributed by atoms with Gasteiger partial charge in [-0.2, -0.15) is 4.31 Å². The normalized spacial score (nSPS) is 14.0. The highest BCUT2D eigenvalue weighted by Crippen LogP contribution is 2.13. The first-order valence-electron chi connectivity index (χ1n) is 4.56. The van der Waals surface area contributed by atoms with Gasteiger partial charge in [-0.15, -0.1) is 0 Å². The Balaban J connectivity index is 3.08. The second-order valence-electron chi connectivity index (χ2n) is 3.53. The smallest absolute Gasteiger partial charge is 0.262 e. The van der Waals surface area contributed by atoms with Crippen LogP contribution in [0.4, 0.5) is 0 Å². The molecule has 0 amide bonds. The van der Waals surface area contributed by atoms with Crippen LogP contribution in [-0.2, 0) is 17.1 Å². The van der Waals surface area contributed by atoms with Crippen LogP contribution in [-0.4, -0.2) is 41.2 Å². The topological polar surface area (TPSA) is 105 Å². The molecule has 0 saturated heterocycles. The predicted octanol–water partition coefficient (Wildman–Crippen LogP) is -0.635. The summed E-state index contributed by atoms with van der Waals surface area (Å²) in [7, 11) is -0.630. The Morgan fingerprint density at radius 2 is 2.25 bits per heavy atom. The Hall–Kier alpha value is -1.41. The number of rotatable bonds is 4. The van der Waals surface area contributed by atoms with Crippen LogP contribution in [0.15, 0.2) is 17.6 Å². The van der Waals surface area contributed by atoms with E-state index in [-0.39, 0.29) is 10.9 Å². The molecule has 16 heavy (non-hydrogen) atoms. The summed E-state index contributed by atoms with van der Waals surface area (Å²) in [6.07, 6.45) is 2.80. The van der Waals surface area contributed by atoms with Crippen molar-refractivity contribution >= 4 is 15.9 Å². The van der Waals surface area contributed by atoms with Gasteiger partial charge in [-0.1, -0.05) is 0 Å². The molecule has 0 saturated carbocycles. The van der Waals surface area contributed by atoms with E-state index in [4.69, 9.17) is 11.1 Å². The number of amidine groups is 1. The molecule has 1 unspecified atom stereocenters. The van der Waals surface area contributed by atoms with Crippen molar-refractivity contribution in [3.63, 3.8) is 0 Å². The van der Waals surface area contributed by atoms with Crippen LogP contribution in [0.2, 0.25) is 0 Å². The quantitative estimate of drug-likeness (QED) is 0.544. The highest BCUT2D eigenvalue weighted by Gasteiger charge is 2.28. The highest BCUT2D eigenvalue weighted by molar-refractivity contribution is 7.89. The summed E-state index contributed by atoms with van der Waals surface area (Å²) in [6.45, 7) is 1.54. The van der Waals surface area contributed by atoms with Gasteiger partial charge < -0.3 is 10.3 Å². The summed E-state index contributed by atoms with van der Waals surface area (Å²) < 4.78 is 26.5. The van der Waals surface area contributed by atoms with E-state index in [1.165, 1.54) is 19.6 Å². The fourth-order valence-electron chi connectivity index (χ4n) is 1.07. The van der Waals surface area contributed by atoms with E-state index in [0.29, 0.717) is 0 Å². The molecule has 8 heteroatoms. The molecule has 0 fully saturated rings. The Labute approximate surface area is 94.4 Å². The molecule has 0 aliphatic carbocycles. The van der Waals surface area contributed by atoms with Gasteiger partial charge in [0.05, 0.1) is 12.4 Å². The number of aryl methyl sites for hydroxylation is 1. The Bertz CT molecular complexity index is 492. The monoisotopic (exact) mass is 245 g/mol. The average Bonchev–Trinajstić information content (AvgIpc) is 2.62. The van der Waals surface area contributed by atoms with E-state index < -0.39 is 16.1 Å². The van der Waals surface area contributed by atoms with Gasteiger partial charge in [0.15, 0.2) is 5.03 Å². The van der Waals surface area contributed by atoms with Crippen LogP contribution in [0.3, 0.4) is 0 Å². The maximum atomic E-state index is 12.0. The van der Waals surface area contributed by atoms with Gasteiger partial charge in [0, 0.05) is 20.3 Å². The fraction of sp³-hybridized carbons (Fsp3) is 0.500. The summed E-state index contributed by atoms with van der Waals surface area (Å²) in [6, 6.07) is -0.688. The van der Waals surface area contributed by atoms with Crippen molar-refractivity contribution in [2.45, 2.75) is 18.0 Å². The Morgan fingerprint density at radius 1 is 1.69 bits per heavy atom. The molecule has 7 nitrogen and oxygen atoms in total. The van der Waals surface area contributed by atoms with Crippen molar-refractivity contribution in [2.24, 2.45) is 12.8 Å². The van der Waals surface area contributed by atoms with E-state index in [2.05, 4.69) is 4.98 Å². The van der Waals surface area contributed by atoms with Crippen LogP contribution >= 0.6 is 0 Å². The number of nitrogens with one attached hydrogen (secondary N) is 1. The van der Waals surface area contributed by atoms with Crippen molar-refractivity contribution in [2.75, 3.05) is 7.05 Å². The maximum absolute atomic E-state index is 12.0. The second kappa shape index (κ2) is 4.22. The van der Waals surface area contributed by atoms with Gasteiger partial charge in [0.2, 0.25) is 0 Å². The lowest BCUT2D eigenvalue weighted by Crippen LogP contribution is -2.43. The number of nitrogens with two attached hydrogens (primary N) is 1. The molecule has 0 aliphatic heterocycles. The number of aromatic nitrogens is 2. The molecule has 0 aliphatic rings. The van der Waals surface area contributed by atoms with E-state index >= 15 is 0 Å². The standard InChI is InChI=1S/C8H15N5O2S/c1-6(8(9)10)13(3)16(14,15)7-4-12(2)5-11-7/h4-6H,1-3H3,(H3,9,10). The zero-order chi connectivity index (χ0) is 12.5. The number of nitrogens with zero attached hydrogens (tertiary/aromatic N) is 3. The van der Waals surface area contributed by atoms with Gasteiger partial charge in [-0.25, -0.2) is 13.4 Å². The lowest BCUT2D eigenvalue weighted by Gasteiger charge is -2.21. The summed E-state index contributed by atoms with van der Waals surface area (Å²) >= 11 is 0. The molecular weight excluding hydrogens is 230 g/mol. The molecule has 1 heterocycles. The van der Waals surface area contributed by atoms with E-state index in [9.17, 15) is 8.42 Å². The van der Waals surface area contributed by atoms with E-state index in [1.54, 1.807) is 18.5 Å². The minimum absolute atomic E-state index is 0.0504. The minimum atomic E-state index is -3.68. The van der Waals surface area contributed by atoms with Crippen molar-refractivity contribution in [1.82, 2.24) is 13.9 Å². The van der Waals surface area contributed by atoms with Crippen LogP contribution < -0.4 is 5.73 Å². The number of likely N-dealkylation sites (N-methyl/N-ethyl adjacent to an activating group) is 1. The molecule has 0 spiro atoms. The maximum Gasteiger partial charge on any atom is 0.262 e. The zero-order valence-corrected chi connectivity index (χ0v) is 10.2. The van der Waals surface area contributed by atoms with Crippen molar-refractivity contribution in [1.29, 1.82) is 5.41 Å². The molecule has 1 aromatic rings. The third-order valence-corrected chi connectivity index (χ3v) is 4.13. The number of hydrogen-bond donors (Lipinski definition) is 2. The second-order valence-corrected chi connectivity index (χ2v) is 5.47. The summed E-state index contributed by atoms with van der Waals surface area (Å²) in [5.41, 5.74) is 5.27. The van der Waals surface area contributed by atoms with Gasteiger partial charge in [0.25, 0.3) is 10.0 Å². The van der Waals surface area contributed by atoms with Gasteiger partial charge >= 0.3 is 0 Å². The highest BCUT2D eigenvalue weighted by atomic mass is 32.2. The van der Waals surface area contributed by atoms with Crippen LogP contribution in [0, 0.1) is 5.41 Å². The Morgan fingerprint density at radius 3 is 2.62 bits per heavy atom. The van der Waals surface area contributed by atoms with Gasteiger partial charge in [-0.05, 0) is 6.92 Å². The van der Waals surface area contributed by atoms with Gasteiger partial charge in [0.1, 0.15) is 5.84 Å². The average molecular weight is 245 g/mol. The first-order chi connectivity index (χ1) is 7.26. The molecule has 1 aromatic heterocycles. The van der Waals surface area contributed by atoms with Crippen molar-refractivity contribution in [3.05, 3.63) is 12.5 Å². The van der Waals surface area contributed by atoms with E-state index in [0.717, 1.165) is 4.31 Å². The van der Waals surface area contributed by atoms with Crippen LogP contribution in [0.5, 0.6) is 0 Å². The predicted molar refractivity (Wildman–Crippen MR) is 59.5 cm³/mol. The van der Waals surface area contributed by atoms with Crippen LogP contribution in [0.25, 0.3) is 0 Å². The van der Waals surface area contributed by atoms with Gasteiger partial charge in [-0.3, -0.25) is 5.41 Å². The molecular formula is C8H15N5O2S. The SMILES string of the molecule is CC(C(=N)N)N(C)S(=O)(=O)c1cn(C)cn1. The molecule has 0 aromatic carbocycles. The third-order valence-electron chi connectivity index (χ3n) is 2.32. The Kier molecular flexibility index (Phi) is 3.34. The van der Waals surface area contributed by atoms with E-state index in [1.807, 2.05) is 0 Å². The molecule has 1 atom stereocenters. The first kappa shape index (κ1) is 12.7. The molecule has 1 rings (SSSR count). The summed E-state index contributed by atoms with van der Waals surface area (Å²) in [5.74, 6) is -0.206.